The highest BCUT2D eigenvalue weighted by atomic mass is 16.5. The van der Waals surface area contributed by atoms with Gasteiger partial charge in [0.05, 0.1) is 6.61 Å². The topological polar surface area (TPSA) is 22.4 Å². The van der Waals surface area contributed by atoms with Gasteiger partial charge >= 0.3 is 0 Å². The van der Waals surface area contributed by atoms with Crippen molar-refractivity contribution in [1.82, 2.24) is 0 Å². The van der Waals surface area contributed by atoms with Crippen LogP contribution in [-0.2, 0) is 6.42 Å². The lowest BCUT2D eigenvalue weighted by atomic mass is 10.2. The summed E-state index contributed by atoms with van der Waals surface area (Å²) in [5.74, 6) is 1.77. The maximum Gasteiger partial charge on any atom is 0.135 e. The van der Waals surface area contributed by atoms with Gasteiger partial charge in [0.1, 0.15) is 17.1 Å². The maximum absolute atomic E-state index is 5.56. The third-order valence-electron chi connectivity index (χ3n) is 2.10. The number of rotatable bonds is 3. The van der Waals surface area contributed by atoms with E-state index < -0.39 is 0 Å². The fourth-order valence-corrected chi connectivity index (χ4v) is 1.42. The zero-order valence-electron chi connectivity index (χ0n) is 8.46. The van der Waals surface area contributed by atoms with Gasteiger partial charge < -0.3 is 9.15 Å². The van der Waals surface area contributed by atoms with Crippen LogP contribution in [0, 0.1) is 6.07 Å². The molecule has 0 saturated heterocycles. The van der Waals surface area contributed by atoms with Crippen LogP contribution in [0.2, 0.25) is 0 Å². The Balaban J connectivity index is 2.43. The molecule has 1 aromatic heterocycles. The first kappa shape index (κ1) is 9.13. The fraction of sp³-hybridized carbons (Fsp3) is 0.333. The summed E-state index contributed by atoms with van der Waals surface area (Å²) >= 11 is 0. The van der Waals surface area contributed by atoms with E-state index in [0.29, 0.717) is 6.61 Å². The predicted molar refractivity (Wildman–Crippen MR) is 55.6 cm³/mol. The molecule has 2 heteroatoms. The Morgan fingerprint density at radius 3 is 2.93 bits per heavy atom. The standard InChI is InChI=1S/C12H13O2/c1-3-10-7-9-8-11(13-4-2)5-6-12(9)14-10/h5-7H,3-4H2,1-2H3. The van der Waals surface area contributed by atoms with Crippen molar-refractivity contribution in [1.29, 1.82) is 0 Å². The van der Waals surface area contributed by atoms with Crippen LogP contribution in [0.1, 0.15) is 19.6 Å². The van der Waals surface area contributed by atoms with Gasteiger partial charge in [-0.25, -0.2) is 0 Å². The molecule has 0 unspecified atom stereocenters. The zero-order valence-corrected chi connectivity index (χ0v) is 8.46. The molecule has 73 valence electrons. The molecule has 2 aromatic rings. The van der Waals surface area contributed by atoms with Gasteiger partial charge in [-0.1, -0.05) is 6.92 Å². The quantitative estimate of drug-likeness (QED) is 0.739. The molecule has 1 aromatic carbocycles. The van der Waals surface area contributed by atoms with E-state index in [4.69, 9.17) is 9.15 Å². The van der Waals surface area contributed by atoms with E-state index in [-0.39, 0.29) is 0 Å². The molecule has 0 bridgehead atoms. The summed E-state index contributed by atoms with van der Waals surface area (Å²) < 4.78 is 10.9. The van der Waals surface area contributed by atoms with E-state index in [9.17, 15) is 0 Å². The third-order valence-corrected chi connectivity index (χ3v) is 2.10. The average molecular weight is 189 g/mol. The van der Waals surface area contributed by atoms with Crippen LogP contribution in [0.3, 0.4) is 0 Å². The molecule has 0 spiro atoms. The first-order valence-corrected chi connectivity index (χ1v) is 4.91. The summed E-state index contributed by atoms with van der Waals surface area (Å²) in [6.45, 7) is 4.70. The Morgan fingerprint density at radius 1 is 1.36 bits per heavy atom. The highest BCUT2D eigenvalue weighted by molar-refractivity contribution is 5.78. The van der Waals surface area contributed by atoms with Gasteiger partial charge in [-0.2, -0.15) is 0 Å². The van der Waals surface area contributed by atoms with Gasteiger partial charge in [-0.3, -0.25) is 0 Å². The van der Waals surface area contributed by atoms with Crippen molar-refractivity contribution in [2.24, 2.45) is 0 Å². The third kappa shape index (κ3) is 1.60. The molecule has 1 heterocycles. The lowest BCUT2D eigenvalue weighted by Crippen LogP contribution is -1.90. The Morgan fingerprint density at radius 2 is 2.21 bits per heavy atom. The van der Waals surface area contributed by atoms with Gasteiger partial charge in [-0.15, -0.1) is 0 Å². The van der Waals surface area contributed by atoms with E-state index in [0.717, 1.165) is 28.9 Å². The second-order valence-electron chi connectivity index (χ2n) is 3.10. The first-order chi connectivity index (χ1) is 6.83. The van der Waals surface area contributed by atoms with Crippen LogP contribution in [-0.4, -0.2) is 6.61 Å². The van der Waals surface area contributed by atoms with Gasteiger partial charge in [0, 0.05) is 17.9 Å². The molecular weight excluding hydrogens is 176 g/mol. The van der Waals surface area contributed by atoms with Crippen molar-refractivity contribution >= 4 is 11.0 Å². The smallest absolute Gasteiger partial charge is 0.135 e. The summed E-state index contributed by atoms with van der Waals surface area (Å²) in [7, 11) is 0. The zero-order chi connectivity index (χ0) is 9.97. The molecule has 0 N–H and O–H groups in total. The Labute approximate surface area is 83.5 Å². The minimum absolute atomic E-state index is 0.667. The number of aryl methyl sites for hydroxylation is 1. The van der Waals surface area contributed by atoms with Crippen LogP contribution in [0.4, 0.5) is 0 Å². The lowest BCUT2D eigenvalue weighted by Gasteiger charge is -2.00. The molecule has 0 fully saturated rings. The molecule has 0 aliphatic carbocycles. The molecule has 2 rings (SSSR count). The van der Waals surface area contributed by atoms with Crippen LogP contribution in [0.5, 0.6) is 5.75 Å². The van der Waals surface area contributed by atoms with E-state index >= 15 is 0 Å². The molecule has 14 heavy (non-hydrogen) atoms. The van der Waals surface area contributed by atoms with Crippen molar-refractivity contribution < 1.29 is 9.15 Å². The predicted octanol–water partition coefficient (Wildman–Crippen LogP) is 3.19. The number of furan rings is 1. The van der Waals surface area contributed by atoms with Crippen molar-refractivity contribution in [2.75, 3.05) is 6.61 Å². The minimum atomic E-state index is 0.667. The van der Waals surface area contributed by atoms with Gasteiger partial charge in [0.15, 0.2) is 0 Å². The summed E-state index contributed by atoms with van der Waals surface area (Å²) in [4.78, 5) is 0. The van der Waals surface area contributed by atoms with E-state index in [2.05, 4.69) is 13.0 Å². The molecule has 2 nitrogen and oxygen atoms in total. The van der Waals surface area contributed by atoms with Gasteiger partial charge in [-0.05, 0) is 25.1 Å². The highest BCUT2D eigenvalue weighted by Gasteiger charge is 2.03. The molecular formula is C12H13O2. The number of hydrogen-bond acceptors (Lipinski definition) is 2. The van der Waals surface area contributed by atoms with Crippen molar-refractivity contribution in [3.8, 4) is 5.75 Å². The normalized spacial score (nSPS) is 10.7. The summed E-state index contributed by atoms with van der Waals surface area (Å²) in [5.41, 5.74) is 0.880. The second kappa shape index (κ2) is 3.74. The number of benzene rings is 1. The highest BCUT2D eigenvalue weighted by Crippen LogP contribution is 2.23. The van der Waals surface area contributed by atoms with Gasteiger partial charge in [0.25, 0.3) is 0 Å². The number of ether oxygens (including phenoxy) is 1. The van der Waals surface area contributed by atoms with Crippen molar-refractivity contribution in [3.63, 3.8) is 0 Å². The molecule has 0 atom stereocenters. The molecule has 1 radical (unpaired) electrons. The van der Waals surface area contributed by atoms with Crippen LogP contribution in [0.15, 0.2) is 22.6 Å². The number of hydrogen-bond donors (Lipinski definition) is 0. The van der Waals surface area contributed by atoms with Gasteiger partial charge in [0.2, 0.25) is 0 Å². The minimum Gasteiger partial charge on any atom is -0.493 e. The lowest BCUT2D eigenvalue weighted by molar-refractivity contribution is 0.340. The van der Waals surface area contributed by atoms with Crippen molar-refractivity contribution in [3.05, 3.63) is 30.0 Å². The Bertz CT molecular complexity index is 429. The fourth-order valence-electron chi connectivity index (χ4n) is 1.42. The maximum atomic E-state index is 5.56. The summed E-state index contributed by atoms with van der Waals surface area (Å²) in [6, 6.07) is 8.99. The number of fused-ring (bicyclic) bond motifs is 1. The Kier molecular flexibility index (Phi) is 2.44. The van der Waals surface area contributed by atoms with E-state index in [1.807, 2.05) is 25.1 Å². The SMILES string of the molecule is CCOc1[c]c2cc(CC)oc2cc1. The first-order valence-electron chi connectivity index (χ1n) is 4.91. The summed E-state index contributed by atoms with van der Waals surface area (Å²) in [5, 5.41) is 0.993. The molecule has 0 aliphatic rings. The molecule has 0 aliphatic heterocycles. The molecule has 0 saturated carbocycles. The summed E-state index contributed by atoms with van der Waals surface area (Å²) in [6.07, 6.45) is 0.909. The second-order valence-corrected chi connectivity index (χ2v) is 3.10. The average Bonchev–Trinajstić information content (AvgIpc) is 2.60. The van der Waals surface area contributed by atoms with Crippen LogP contribution >= 0.6 is 0 Å². The van der Waals surface area contributed by atoms with E-state index in [1.54, 1.807) is 0 Å². The van der Waals surface area contributed by atoms with Crippen LogP contribution < -0.4 is 4.74 Å². The largest absolute Gasteiger partial charge is 0.493 e. The van der Waals surface area contributed by atoms with Crippen molar-refractivity contribution in [2.45, 2.75) is 20.3 Å². The Hall–Kier alpha value is -1.44. The molecule has 0 amide bonds. The van der Waals surface area contributed by atoms with E-state index in [1.165, 1.54) is 0 Å². The monoisotopic (exact) mass is 189 g/mol. The van der Waals surface area contributed by atoms with Crippen LogP contribution in [0.25, 0.3) is 11.0 Å².